The molecular formula is C14H10ClNO. The van der Waals surface area contributed by atoms with Crippen molar-refractivity contribution in [1.29, 1.82) is 0 Å². The van der Waals surface area contributed by atoms with E-state index in [1.54, 1.807) is 6.21 Å². The summed E-state index contributed by atoms with van der Waals surface area (Å²) in [7, 11) is 0. The highest BCUT2D eigenvalue weighted by molar-refractivity contribution is 6.30. The molecule has 0 N–H and O–H groups in total. The summed E-state index contributed by atoms with van der Waals surface area (Å²) in [6.07, 6.45) is 1.77. The van der Waals surface area contributed by atoms with Gasteiger partial charge >= 0.3 is 0 Å². The highest BCUT2D eigenvalue weighted by atomic mass is 35.5. The smallest absolute Gasteiger partial charge is 0.145 e. The van der Waals surface area contributed by atoms with Crippen LogP contribution in [0.2, 0.25) is 5.02 Å². The minimum atomic E-state index is 0.549. The van der Waals surface area contributed by atoms with E-state index in [0.717, 1.165) is 27.6 Å². The molecule has 17 heavy (non-hydrogen) atoms. The fourth-order valence-electron chi connectivity index (χ4n) is 1.82. The SMILES string of the molecule is Clc1ccc(-c2ccc3c(c2)N=CCO3)cc1. The Bertz CT molecular complexity index is 575. The molecule has 3 heteroatoms. The molecule has 0 amide bonds. The van der Waals surface area contributed by atoms with Crippen LogP contribution in [-0.2, 0) is 0 Å². The van der Waals surface area contributed by atoms with Crippen molar-refractivity contribution in [2.45, 2.75) is 0 Å². The van der Waals surface area contributed by atoms with Gasteiger partial charge in [-0.15, -0.1) is 0 Å². The predicted octanol–water partition coefficient (Wildman–Crippen LogP) is 4.10. The number of halogens is 1. The van der Waals surface area contributed by atoms with Gasteiger partial charge in [0.15, 0.2) is 0 Å². The second-order valence-corrected chi connectivity index (χ2v) is 4.25. The molecule has 1 aliphatic heterocycles. The summed E-state index contributed by atoms with van der Waals surface area (Å²) in [5, 5.41) is 0.744. The summed E-state index contributed by atoms with van der Waals surface area (Å²) in [5.74, 6) is 0.838. The van der Waals surface area contributed by atoms with E-state index in [0.29, 0.717) is 6.61 Å². The molecule has 0 radical (unpaired) electrons. The summed E-state index contributed by atoms with van der Waals surface area (Å²) < 4.78 is 5.46. The minimum Gasteiger partial charge on any atom is -0.486 e. The second-order valence-electron chi connectivity index (χ2n) is 3.81. The Morgan fingerprint density at radius 3 is 2.59 bits per heavy atom. The van der Waals surface area contributed by atoms with Crippen molar-refractivity contribution in [2.75, 3.05) is 6.61 Å². The molecule has 0 spiro atoms. The fourth-order valence-corrected chi connectivity index (χ4v) is 1.95. The van der Waals surface area contributed by atoms with Gasteiger partial charge in [-0.3, -0.25) is 4.99 Å². The first-order valence-corrected chi connectivity index (χ1v) is 5.76. The van der Waals surface area contributed by atoms with Gasteiger partial charge in [0.1, 0.15) is 18.0 Å². The Morgan fingerprint density at radius 1 is 1.00 bits per heavy atom. The number of fused-ring (bicyclic) bond motifs is 1. The molecule has 1 aliphatic rings. The van der Waals surface area contributed by atoms with Crippen molar-refractivity contribution in [3.63, 3.8) is 0 Å². The number of rotatable bonds is 1. The zero-order valence-electron chi connectivity index (χ0n) is 9.06. The molecule has 2 nitrogen and oxygen atoms in total. The molecule has 84 valence electrons. The molecule has 2 aromatic rings. The lowest BCUT2D eigenvalue weighted by Gasteiger charge is -2.12. The van der Waals surface area contributed by atoms with Gasteiger partial charge in [-0.2, -0.15) is 0 Å². The zero-order chi connectivity index (χ0) is 11.7. The average molecular weight is 244 g/mol. The molecule has 3 rings (SSSR count). The van der Waals surface area contributed by atoms with Crippen LogP contribution in [0.5, 0.6) is 5.75 Å². The maximum Gasteiger partial charge on any atom is 0.145 e. The van der Waals surface area contributed by atoms with E-state index in [1.807, 2.05) is 42.5 Å². The highest BCUT2D eigenvalue weighted by Gasteiger charge is 2.08. The summed E-state index contributed by atoms with van der Waals surface area (Å²) in [5.41, 5.74) is 3.12. The first-order chi connectivity index (χ1) is 8.33. The number of nitrogens with zero attached hydrogens (tertiary/aromatic N) is 1. The minimum absolute atomic E-state index is 0.549. The van der Waals surface area contributed by atoms with Crippen molar-refractivity contribution in [3.05, 3.63) is 47.5 Å². The zero-order valence-corrected chi connectivity index (χ0v) is 9.82. The molecule has 0 unspecified atom stereocenters. The third-order valence-corrected chi connectivity index (χ3v) is 2.93. The maximum atomic E-state index is 5.87. The number of benzene rings is 2. The Kier molecular flexibility index (Phi) is 2.57. The van der Waals surface area contributed by atoms with Crippen LogP contribution in [0.25, 0.3) is 11.1 Å². The van der Waals surface area contributed by atoms with E-state index >= 15 is 0 Å². The van der Waals surface area contributed by atoms with E-state index < -0.39 is 0 Å². The lowest BCUT2D eigenvalue weighted by molar-refractivity contribution is 0.377. The summed E-state index contributed by atoms with van der Waals surface area (Å²) >= 11 is 5.87. The molecule has 0 bridgehead atoms. The van der Waals surface area contributed by atoms with E-state index in [-0.39, 0.29) is 0 Å². The van der Waals surface area contributed by atoms with Crippen molar-refractivity contribution in [2.24, 2.45) is 4.99 Å². The van der Waals surface area contributed by atoms with Crippen LogP contribution in [0.4, 0.5) is 5.69 Å². The molecule has 0 aromatic heterocycles. The maximum absolute atomic E-state index is 5.87. The van der Waals surface area contributed by atoms with Gasteiger partial charge in [0, 0.05) is 11.2 Å². The van der Waals surface area contributed by atoms with Crippen LogP contribution in [0.1, 0.15) is 0 Å². The van der Waals surface area contributed by atoms with Crippen LogP contribution in [0, 0.1) is 0 Å². The Hall–Kier alpha value is -1.80. The van der Waals surface area contributed by atoms with Crippen molar-refractivity contribution >= 4 is 23.5 Å². The monoisotopic (exact) mass is 243 g/mol. The van der Waals surface area contributed by atoms with Crippen LogP contribution < -0.4 is 4.74 Å². The molecular weight excluding hydrogens is 234 g/mol. The quantitative estimate of drug-likeness (QED) is 0.739. The van der Waals surface area contributed by atoms with Gasteiger partial charge in [-0.1, -0.05) is 29.8 Å². The fraction of sp³-hybridized carbons (Fsp3) is 0.0714. The molecule has 0 saturated carbocycles. The van der Waals surface area contributed by atoms with Gasteiger partial charge in [-0.05, 0) is 35.4 Å². The highest BCUT2D eigenvalue weighted by Crippen LogP contribution is 2.34. The summed E-state index contributed by atoms with van der Waals surface area (Å²) in [6, 6.07) is 13.8. The average Bonchev–Trinajstić information content (AvgIpc) is 2.39. The van der Waals surface area contributed by atoms with Crippen molar-refractivity contribution in [1.82, 2.24) is 0 Å². The normalized spacial score (nSPS) is 13.0. The Labute approximate surface area is 105 Å². The number of aliphatic imine (C=N–C) groups is 1. The van der Waals surface area contributed by atoms with Crippen LogP contribution in [0.15, 0.2) is 47.5 Å². The number of ether oxygens (including phenoxy) is 1. The van der Waals surface area contributed by atoms with E-state index in [9.17, 15) is 0 Å². The van der Waals surface area contributed by atoms with E-state index in [1.165, 1.54) is 0 Å². The molecule has 1 heterocycles. The van der Waals surface area contributed by atoms with E-state index in [4.69, 9.17) is 16.3 Å². The second kappa shape index (κ2) is 4.22. The topological polar surface area (TPSA) is 21.6 Å². The van der Waals surface area contributed by atoms with Crippen LogP contribution >= 0.6 is 11.6 Å². The lowest BCUT2D eigenvalue weighted by Crippen LogP contribution is -2.02. The Balaban J connectivity index is 2.05. The number of hydrogen-bond donors (Lipinski definition) is 0. The van der Waals surface area contributed by atoms with E-state index in [2.05, 4.69) is 4.99 Å². The molecule has 0 atom stereocenters. The standard InChI is InChI=1S/C14H10ClNO/c15-12-4-1-10(2-5-12)11-3-6-14-13(9-11)16-7-8-17-14/h1-7,9H,8H2. The van der Waals surface area contributed by atoms with Crippen molar-refractivity contribution in [3.8, 4) is 16.9 Å². The first-order valence-electron chi connectivity index (χ1n) is 5.38. The molecule has 0 aliphatic carbocycles. The van der Waals surface area contributed by atoms with Gasteiger partial charge < -0.3 is 4.74 Å². The van der Waals surface area contributed by atoms with Crippen LogP contribution in [-0.4, -0.2) is 12.8 Å². The van der Waals surface area contributed by atoms with Gasteiger partial charge in [0.2, 0.25) is 0 Å². The van der Waals surface area contributed by atoms with Crippen molar-refractivity contribution < 1.29 is 4.74 Å². The Morgan fingerprint density at radius 2 is 1.76 bits per heavy atom. The van der Waals surface area contributed by atoms with Gasteiger partial charge in [-0.25, -0.2) is 0 Å². The van der Waals surface area contributed by atoms with Gasteiger partial charge in [0.25, 0.3) is 0 Å². The van der Waals surface area contributed by atoms with Crippen LogP contribution in [0.3, 0.4) is 0 Å². The third-order valence-electron chi connectivity index (χ3n) is 2.68. The number of hydrogen-bond acceptors (Lipinski definition) is 2. The molecule has 0 fully saturated rings. The molecule has 2 aromatic carbocycles. The first kappa shape index (κ1) is 10.4. The third kappa shape index (κ3) is 2.04. The lowest BCUT2D eigenvalue weighted by atomic mass is 10.0. The molecule has 0 saturated heterocycles. The largest absolute Gasteiger partial charge is 0.486 e. The summed E-state index contributed by atoms with van der Waals surface area (Å²) in [4.78, 5) is 4.32. The predicted molar refractivity (Wildman–Crippen MR) is 70.5 cm³/mol. The summed E-state index contributed by atoms with van der Waals surface area (Å²) in [6.45, 7) is 0.549. The van der Waals surface area contributed by atoms with Gasteiger partial charge in [0.05, 0.1) is 0 Å².